The highest BCUT2D eigenvalue weighted by atomic mass is 32.2. The van der Waals surface area contributed by atoms with Gasteiger partial charge in [-0.25, -0.2) is 14.2 Å². The van der Waals surface area contributed by atoms with Crippen LogP contribution in [0.15, 0.2) is 40.6 Å². The topological polar surface area (TPSA) is 86.3 Å². The molecule has 7 nitrogen and oxygen atoms in total. The first-order valence-electron chi connectivity index (χ1n) is 7.77. The summed E-state index contributed by atoms with van der Waals surface area (Å²) in [5.74, 6) is -0.684. The van der Waals surface area contributed by atoms with E-state index in [1.165, 1.54) is 18.2 Å². The number of fused-ring (bicyclic) bond motifs is 1. The number of H-pyrrole nitrogens is 1. The Morgan fingerprint density at radius 1 is 1.24 bits per heavy atom. The van der Waals surface area contributed by atoms with Crippen LogP contribution in [-0.2, 0) is 10.8 Å². The van der Waals surface area contributed by atoms with Gasteiger partial charge in [0.15, 0.2) is 23.1 Å². The highest BCUT2D eigenvalue weighted by Gasteiger charge is 2.30. The van der Waals surface area contributed by atoms with Crippen LogP contribution in [0.4, 0.5) is 22.0 Å². The maximum absolute atomic E-state index is 12.9. The summed E-state index contributed by atoms with van der Waals surface area (Å²) in [7, 11) is -0.939. The second-order valence-corrected chi connectivity index (χ2v) is 6.73. The smallest absolute Gasteiger partial charge is 0.422 e. The van der Waals surface area contributed by atoms with Crippen LogP contribution in [0, 0.1) is 0 Å². The molecule has 0 radical (unpaired) electrons. The number of hydrogen-bond acceptors (Lipinski definition) is 6. The Balaban J connectivity index is 1.93. The number of aromatic amines is 1. The number of pyridine rings is 1. The first kappa shape index (κ1) is 20.8. The van der Waals surface area contributed by atoms with E-state index in [1.54, 1.807) is 0 Å². The second kappa shape index (κ2) is 8.19. The van der Waals surface area contributed by atoms with E-state index in [0.29, 0.717) is 5.52 Å². The van der Waals surface area contributed by atoms with Gasteiger partial charge in [-0.2, -0.15) is 22.0 Å². The lowest BCUT2D eigenvalue weighted by atomic mass is 10.3. The van der Waals surface area contributed by atoms with Gasteiger partial charge in [-0.1, -0.05) is 0 Å². The fraction of sp³-hybridized carbons (Fsp3) is 0.250. The van der Waals surface area contributed by atoms with Crippen molar-refractivity contribution in [2.45, 2.75) is 23.0 Å². The van der Waals surface area contributed by atoms with Crippen LogP contribution < -0.4 is 14.2 Å². The molecule has 1 atom stereocenters. The summed E-state index contributed by atoms with van der Waals surface area (Å²) in [5.41, 5.74) is 0.563. The van der Waals surface area contributed by atoms with Gasteiger partial charge < -0.3 is 19.2 Å². The molecule has 3 rings (SSSR count). The zero-order valence-corrected chi connectivity index (χ0v) is 15.3. The average molecular weight is 437 g/mol. The number of alkyl halides is 5. The molecule has 13 heteroatoms. The molecule has 0 amide bonds. The largest absolute Gasteiger partial charge is 0.490 e. The summed E-state index contributed by atoms with van der Waals surface area (Å²) < 4.78 is 88.8. The van der Waals surface area contributed by atoms with Crippen LogP contribution in [-0.4, -0.2) is 45.7 Å². The number of rotatable bonds is 7. The molecular weight excluding hydrogens is 425 g/mol. The van der Waals surface area contributed by atoms with E-state index in [2.05, 4.69) is 24.4 Å². The molecular formula is C16H12F5N3O4S. The molecule has 1 unspecified atom stereocenters. The number of halogens is 5. The van der Waals surface area contributed by atoms with Gasteiger partial charge in [0.05, 0.1) is 18.1 Å². The van der Waals surface area contributed by atoms with Crippen molar-refractivity contribution in [2.24, 2.45) is 0 Å². The van der Waals surface area contributed by atoms with E-state index >= 15 is 0 Å². The predicted molar refractivity (Wildman–Crippen MR) is 89.7 cm³/mol. The molecule has 0 fully saturated rings. The summed E-state index contributed by atoms with van der Waals surface area (Å²) in [6.45, 7) is -4.59. The number of nitrogens with one attached hydrogen (secondary N) is 1. The van der Waals surface area contributed by atoms with Crippen LogP contribution in [0.25, 0.3) is 11.0 Å². The quantitative estimate of drug-likeness (QED) is 0.568. The third kappa shape index (κ3) is 4.91. The molecule has 3 aromatic rings. The molecule has 2 heterocycles. The van der Waals surface area contributed by atoms with Crippen LogP contribution in [0.1, 0.15) is 0 Å². The number of aromatic nitrogens is 3. The van der Waals surface area contributed by atoms with Crippen LogP contribution in [0.2, 0.25) is 0 Å². The first-order valence-corrected chi connectivity index (χ1v) is 8.92. The summed E-state index contributed by atoms with van der Waals surface area (Å²) in [4.78, 5) is 10.7. The number of methoxy groups -OCH3 is 1. The van der Waals surface area contributed by atoms with Crippen molar-refractivity contribution in [3.05, 3.63) is 30.5 Å². The van der Waals surface area contributed by atoms with Crippen LogP contribution >= 0.6 is 0 Å². The fourth-order valence-electron chi connectivity index (χ4n) is 2.33. The Morgan fingerprint density at radius 2 is 2.00 bits per heavy atom. The van der Waals surface area contributed by atoms with Crippen LogP contribution in [0.3, 0.4) is 0 Å². The van der Waals surface area contributed by atoms with Gasteiger partial charge in [-0.3, -0.25) is 0 Å². The summed E-state index contributed by atoms with van der Waals surface area (Å²) in [5, 5.41) is -0.344. The number of benzene rings is 1. The van der Waals surface area contributed by atoms with Gasteiger partial charge in [-0.05, 0) is 12.1 Å². The lowest BCUT2D eigenvalue weighted by molar-refractivity contribution is -0.153. The molecule has 1 aromatic carbocycles. The molecule has 29 heavy (non-hydrogen) atoms. The maximum atomic E-state index is 12.9. The fourth-order valence-corrected chi connectivity index (χ4v) is 3.40. The van der Waals surface area contributed by atoms with Gasteiger partial charge >= 0.3 is 12.8 Å². The molecule has 156 valence electrons. The lowest BCUT2D eigenvalue weighted by Crippen LogP contribution is -2.19. The van der Waals surface area contributed by atoms with Gasteiger partial charge in [0.25, 0.3) is 0 Å². The third-order valence-corrected chi connectivity index (χ3v) is 4.63. The molecule has 0 bridgehead atoms. The van der Waals surface area contributed by atoms with E-state index in [4.69, 9.17) is 4.74 Å². The zero-order valence-electron chi connectivity index (χ0n) is 14.5. The molecule has 0 saturated carbocycles. The van der Waals surface area contributed by atoms with Crippen molar-refractivity contribution in [3.8, 4) is 17.2 Å². The van der Waals surface area contributed by atoms with Gasteiger partial charge in [0, 0.05) is 18.3 Å². The molecule has 1 N–H and O–H groups in total. The second-order valence-electron chi connectivity index (χ2n) is 5.42. The number of ether oxygens (including phenoxy) is 3. The zero-order chi connectivity index (χ0) is 21.2. The Kier molecular flexibility index (Phi) is 5.86. The minimum atomic E-state index is -4.58. The molecule has 2 aromatic heterocycles. The van der Waals surface area contributed by atoms with Crippen LogP contribution in [0.5, 0.6) is 17.2 Å². The Labute approximate surface area is 162 Å². The van der Waals surface area contributed by atoms with Gasteiger partial charge in [0.2, 0.25) is 5.16 Å². The van der Waals surface area contributed by atoms with Gasteiger partial charge in [0.1, 0.15) is 16.5 Å². The van der Waals surface area contributed by atoms with E-state index in [9.17, 15) is 26.2 Å². The summed E-state index contributed by atoms with van der Waals surface area (Å²) in [6.07, 6.45) is -3.47. The Morgan fingerprint density at radius 3 is 2.66 bits per heavy atom. The van der Waals surface area contributed by atoms with Crippen molar-refractivity contribution < 1.29 is 40.4 Å². The van der Waals surface area contributed by atoms with Gasteiger partial charge in [-0.15, -0.1) is 0 Å². The maximum Gasteiger partial charge on any atom is 0.422 e. The first-order chi connectivity index (χ1) is 13.7. The minimum absolute atomic E-state index is 0.118. The van der Waals surface area contributed by atoms with Crippen molar-refractivity contribution in [3.63, 3.8) is 0 Å². The van der Waals surface area contributed by atoms with Crippen molar-refractivity contribution >= 4 is 21.8 Å². The summed E-state index contributed by atoms with van der Waals surface area (Å²) >= 11 is 0. The monoisotopic (exact) mass is 437 g/mol. The average Bonchev–Trinajstić information content (AvgIpc) is 3.07. The molecule has 0 saturated heterocycles. The Bertz CT molecular complexity index is 1040. The van der Waals surface area contributed by atoms with E-state index in [1.807, 2.05) is 0 Å². The molecule has 0 aliphatic heterocycles. The van der Waals surface area contributed by atoms with E-state index < -0.39 is 30.2 Å². The number of imidazole rings is 1. The lowest BCUT2D eigenvalue weighted by Gasteiger charge is -2.13. The third-order valence-electron chi connectivity index (χ3n) is 3.44. The number of nitrogens with zero attached hydrogens (tertiary/aromatic N) is 2. The molecule has 0 aliphatic rings. The minimum Gasteiger partial charge on any atom is -0.490 e. The molecule has 0 spiro atoms. The summed E-state index contributed by atoms with van der Waals surface area (Å²) in [6, 6.07) is 5.00. The van der Waals surface area contributed by atoms with Crippen molar-refractivity contribution in [2.75, 3.05) is 13.7 Å². The van der Waals surface area contributed by atoms with Crippen molar-refractivity contribution in [1.82, 2.24) is 15.0 Å². The highest BCUT2D eigenvalue weighted by molar-refractivity contribution is 7.85. The normalized spacial score (nSPS) is 12.9. The number of hydrogen-bond donors (Lipinski definition) is 1. The van der Waals surface area contributed by atoms with E-state index in [0.717, 1.165) is 19.4 Å². The predicted octanol–water partition coefficient (Wildman–Crippen LogP) is 3.68. The standard InChI is InChI=1S/C16H12F5N3O4S/c1-26-12-11(27-7-16(19,20)21)4-5-22-13(12)29(25)15-23-9-3-2-8(28-14(17)18)6-10(9)24-15/h2-6,14H,7H2,1H3,(H,23,24). The Hall–Kier alpha value is -2.96. The van der Waals surface area contributed by atoms with Crippen molar-refractivity contribution in [1.29, 1.82) is 0 Å². The SMILES string of the molecule is COc1c(OCC(F)(F)F)ccnc1S(=O)c1nc2ccc(OC(F)F)cc2[nH]1. The van der Waals surface area contributed by atoms with E-state index in [-0.39, 0.29) is 32.9 Å². The highest BCUT2D eigenvalue weighted by Crippen LogP contribution is 2.34. The molecule has 0 aliphatic carbocycles.